The van der Waals surface area contributed by atoms with Crippen molar-refractivity contribution in [2.45, 2.75) is 33.2 Å². The molecule has 2 amide bonds. The number of ether oxygens (including phenoxy) is 1. The van der Waals surface area contributed by atoms with E-state index in [1.807, 2.05) is 13.8 Å². The summed E-state index contributed by atoms with van der Waals surface area (Å²) in [6.45, 7) is 9.21. The number of carbonyl (C=O) groups is 3. The number of alkyl halides is 1. The lowest BCUT2D eigenvalue weighted by molar-refractivity contribution is -0.143. The van der Waals surface area contributed by atoms with Crippen LogP contribution in [0.4, 0.5) is 0 Å². The van der Waals surface area contributed by atoms with Gasteiger partial charge in [-0.25, -0.2) is 0 Å². The molecule has 0 fully saturated rings. The number of rotatable bonds is 9. The molecule has 0 aromatic heterocycles. The molecule has 7 heteroatoms. The Bertz CT molecular complexity index is 396. The molecular weight excluding hydrogens is 340 g/mol. The van der Waals surface area contributed by atoms with Crippen molar-refractivity contribution in [2.75, 3.05) is 18.5 Å². The van der Waals surface area contributed by atoms with Crippen molar-refractivity contribution >= 4 is 33.7 Å². The molecule has 0 aliphatic carbocycles. The Kier molecular flexibility index (Phi) is 9.69. The molecule has 0 saturated heterocycles. The molecule has 6 nitrogen and oxygen atoms in total. The Labute approximate surface area is 133 Å². The molecule has 21 heavy (non-hydrogen) atoms. The van der Waals surface area contributed by atoms with Gasteiger partial charge in [0.25, 0.3) is 0 Å². The summed E-state index contributed by atoms with van der Waals surface area (Å²) in [7, 11) is 0. The van der Waals surface area contributed by atoms with E-state index in [9.17, 15) is 14.4 Å². The molecule has 0 spiro atoms. The van der Waals surface area contributed by atoms with E-state index in [1.54, 1.807) is 6.92 Å². The van der Waals surface area contributed by atoms with Crippen LogP contribution in [0.15, 0.2) is 12.2 Å². The van der Waals surface area contributed by atoms with E-state index < -0.39 is 17.9 Å². The van der Waals surface area contributed by atoms with Crippen LogP contribution in [0, 0.1) is 5.92 Å². The summed E-state index contributed by atoms with van der Waals surface area (Å²) in [6, 6.07) is -0.706. The van der Waals surface area contributed by atoms with Crippen LogP contribution < -0.4 is 10.6 Å². The second-order valence-electron chi connectivity index (χ2n) is 4.92. The fraction of sp³-hybridized carbons (Fsp3) is 0.643. The van der Waals surface area contributed by atoms with E-state index in [0.29, 0.717) is 17.3 Å². The van der Waals surface area contributed by atoms with E-state index in [1.165, 1.54) is 0 Å². The number of hydrogen-bond acceptors (Lipinski definition) is 4. The van der Waals surface area contributed by atoms with Gasteiger partial charge in [-0.05, 0) is 19.3 Å². The highest BCUT2D eigenvalue weighted by atomic mass is 79.9. The number of carbonyl (C=O) groups excluding carboxylic acids is 3. The van der Waals surface area contributed by atoms with Gasteiger partial charge < -0.3 is 15.4 Å². The largest absolute Gasteiger partial charge is 0.465 e. The minimum absolute atomic E-state index is 0.209. The quantitative estimate of drug-likeness (QED) is 0.366. The Morgan fingerprint density at radius 1 is 1.29 bits per heavy atom. The van der Waals surface area contributed by atoms with Gasteiger partial charge in [0.2, 0.25) is 11.8 Å². The molecule has 0 unspecified atom stereocenters. The van der Waals surface area contributed by atoms with Crippen LogP contribution in [0.25, 0.3) is 0 Å². The zero-order valence-electron chi connectivity index (χ0n) is 12.7. The highest BCUT2D eigenvalue weighted by molar-refractivity contribution is 9.09. The maximum absolute atomic E-state index is 12.1. The zero-order valence-corrected chi connectivity index (χ0v) is 14.3. The molecule has 0 saturated carbocycles. The Hall–Kier alpha value is -1.37. The average Bonchev–Trinajstić information content (AvgIpc) is 2.42. The standard InChI is InChI=1S/C14H23BrN2O4/c1-5-21-12(18)8-16-14(20)11(6-9(2)3)17-13(19)10(4)7-15/h9,11H,4-8H2,1-3H3,(H,16,20)(H,17,19)/t11-/m0/s1. The van der Waals surface area contributed by atoms with Gasteiger partial charge in [-0.3, -0.25) is 14.4 Å². The van der Waals surface area contributed by atoms with Crippen molar-refractivity contribution in [1.82, 2.24) is 10.6 Å². The number of esters is 1. The zero-order chi connectivity index (χ0) is 16.4. The number of amides is 2. The van der Waals surface area contributed by atoms with Gasteiger partial charge in [-0.1, -0.05) is 36.4 Å². The minimum Gasteiger partial charge on any atom is -0.465 e. The third-order valence-corrected chi connectivity index (χ3v) is 3.20. The summed E-state index contributed by atoms with van der Waals surface area (Å²) < 4.78 is 4.73. The van der Waals surface area contributed by atoms with E-state index in [4.69, 9.17) is 4.74 Å². The molecule has 0 heterocycles. The van der Waals surface area contributed by atoms with Gasteiger partial charge in [0.15, 0.2) is 0 Å². The Balaban J connectivity index is 4.59. The van der Waals surface area contributed by atoms with E-state index in [0.717, 1.165) is 0 Å². The van der Waals surface area contributed by atoms with Crippen molar-refractivity contribution in [3.05, 3.63) is 12.2 Å². The smallest absolute Gasteiger partial charge is 0.325 e. The second-order valence-corrected chi connectivity index (χ2v) is 5.48. The van der Waals surface area contributed by atoms with Crippen molar-refractivity contribution in [2.24, 2.45) is 5.92 Å². The van der Waals surface area contributed by atoms with Crippen molar-refractivity contribution in [1.29, 1.82) is 0 Å². The molecule has 120 valence electrons. The highest BCUT2D eigenvalue weighted by Gasteiger charge is 2.23. The monoisotopic (exact) mass is 362 g/mol. The summed E-state index contributed by atoms with van der Waals surface area (Å²) in [4.78, 5) is 35.1. The van der Waals surface area contributed by atoms with E-state index in [-0.39, 0.29) is 25.0 Å². The van der Waals surface area contributed by atoms with Gasteiger partial charge in [0, 0.05) is 10.9 Å². The van der Waals surface area contributed by atoms with E-state index in [2.05, 4.69) is 33.1 Å². The summed E-state index contributed by atoms with van der Waals surface area (Å²) in [5.41, 5.74) is 0.335. The average molecular weight is 363 g/mol. The molecule has 1 atom stereocenters. The maximum Gasteiger partial charge on any atom is 0.325 e. The fourth-order valence-electron chi connectivity index (χ4n) is 1.52. The minimum atomic E-state index is -0.706. The fourth-order valence-corrected chi connectivity index (χ4v) is 1.77. The van der Waals surface area contributed by atoms with Gasteiger partial charge >= 0.3 is 5.97 Å². The Morgan fingerprint density at radius 2 is 1.90 bits per heavy atom. The van der Waals surface area contributed by atoms with Gasteiger partial charge in [-0.15, -0.1) is 0 Å². The first-order chi connectivity index (χ1) is 9.81. The van der Waals surface area contributed by atoms with Crippen molar-refractivity contribution < 1.29 is 19.1 Å². The summed E-state index contributed by atoms with van der Waals surface area (Å²) in [5, 5.41) is 5.42. The van der Waals surface area contributed by atoms with Crippen LogP contribution in [-0.2, 0) is 19.1 Å². The van der Waals surface area contributed by atoms with Crippen LogP contribution in [0.1, 0.15) is 27.2 Å². The van der Waals surface area contributed by atoms with Gasteiger partial charge in [0.1, 0.15) is 12.6 Å². The SMILES string of the molecule is C=C(CBr)C(=O)N[C@@H](CC(C)C)C(=O)NCC(=O)OCC. The number of nitrogens with one attached hydrogen (secondary N) is 2. The third kappa shape index (κ3) is 8.49. The lowest BCUT2D eigenvalue weighted by Crippen LogP contribution is -2.49. The molecule has 0 radical (unpaired) electrons. The second kappa shape index (κ2) is 10.4. The lowest BCUT2D eigenvalue weighted by atomic mass is 10.0. The predicted octanol–water partition coefficient (Wildman–Crippen LogP) is 1.15. The van der Waals surface area contributed by atoms with E-state index >= 15 is 0 Å². The van der Waals surface area contributed by atoms with Crippen LogP contribution in [-0.4, -0.2) is 42.3 Å². The summed E-state index contributed by atoms with van der Waals surface area (Å²) in [5.74, 6) is -1.09. The summed E-state index contributed by atoms with van der Waals surface area (Å²) >= 11 is 3.14. The topological polar surface area (TPSA) is 84.5 Å². The first-order valence-corrected chi connectivity index (χ1v) is 7.91. The third-order valence-electron chi connectivity index (χ3n) is 2.52. The number of hydrogen-bond donors (Lipinski definition) is 2. The molecule has 0 aromatic carbocycles. The molecule has 0 aromatic rings. The van der Waals surface area contributed by atoms with Crippen LogP contribution >= 0.6 is 15.9 Å². The van der Waals surface area contributed by atoms with Crippen LogP contribution in [0.2, 0.25) is 0 Å². The van der Waals surface area contributed by atoms with Gasteiger partial charge in [0.05, 0.1) is 6.61 Å². The van der Waals surface area contributed by atoms with Crippen molar-refractivity contribution in [3.8, 4) is 0 Å². The van der Waals surface area contributed by atoms with Crippen LogP contribution in [0.5, 0.6) is 0 Å². The van der Waals surface area contributed by atoms with Crippen molar-refractivity contribution in [3.63, 3.8) is 0 Å². The van der Waals surface area contributed by atoms with Gasteiger partial charge in [-0.2, -0.15) is 0 Å². The molecule has 0 rings (SSSR count). The maximum atomic E-state index is 12.1. The molecule has 2 N–H and O–H groups in total. The first-order valence-electron chi connectivity index (χ1n) is 6.79. The predicted molar refractivity (Wildman–Crippen MR) is 84.0 cm³/mol. The molecule has 0 bridgehead atoms. The normalized spacial score (nSPS) is 11.7. The molecular formula is C14H23BrN2O4. The van der Waals surface area contributed by atoms with Crippen LogP contribution in [0.3, 0.4) is 0 Å². The molecule has 0 aliphatic rings. The number of halogens is 1. The summed E-state index contributed by atoms with van der Waals surface area (Å²) in [6.07, 6.45) is 0.468. The first kappa shape index (κ1) is 19.6. The molecule has 0 aliphatic heterocycles. The highest BCUT2D eigenvalue weighted by Crippen LogP contribution is 2.06. The lowest BCUT2D eigenvalue weighted by Gasteiger charge is -2.20. The Morgan fingerprint density at radius 3 is 2.38 bits per heavy atom.